The van der Waals surface area contributed by atoms with Gasteiger partial charge in [0.15, 0.2) is 0 Å². The van der Waals surface area contributed by atoms with E-state index in [4.69, 9.17) is 4.74 Å². The van der Waals surface area contributed by atoms with E-state index < -0.39 is 11.5 Å². The van der Waals surface area contributed by atoms with E-state index in [9.17, 15) is 14.4 Å². The Morgan fingerprint density at radius 2 is 2.04 bits per heavy atom. The van der Waals surface area contributed by atoms with E-state index >= 15 is 0 Å². The number of aryl methyl sites for hydroxylation is 1. The van der Waals surface area contributed by atoms with E-state index in [1.807, 2.05) is 0 Å². The topological polar surface area (TPSA) is 104 Å². The van der Waals surface area contributed by atoms with Gasteiger partial charge in [-0.3, -0.25) is 14.4 Å². The van der Waals surface area contributed by atoms with Crippen molar-refractivity contribution in [1.29, 1.82) is 0 Å². The second-order valence-corrected chi connectivity index (χ2v) is 5.74. The molecule has 1 aromatic heterocycles. The van der Waals surface area contributed by atoms with E-state index in [2.05, 4.69) is 15.5 Å². The molecule has 8 nitrogen and oxygen atoms in total. The highest BCUT2D eigenvalue weighted by Crippen LogP contribution is 2.16. The van der Waals surface area contributed by atoms with Gasteiger partial charge in [-0.15, -0.1) is 0 Å². The van der Waals surface area contributed by atoms with Gasteiger partial charge in [-0.2, -0.15) is 5.10 Å². The van der Waals surface area contributed by atoms with Crippen LogP contribution in [0, 0.1) is 13.8 Å². The maximum atomic E-state index is 12.7. The molecule has 0 unspecified atom stereocenters. The number of amides is 2. The largest absolute Gasteiger partial charge is 0.497 e. The fraction of sp³-hybridized carbons (Fsp3) is 0.333. The van der Waals surface area contributed by atoms with Crippen LogP contribution in [0.4, 0.5) is 5.69 Å². The van der Waals surface area contributed by atoms with Gasteiger partial charge in [0.25, 0.3) is 11.5 Å². The summed E-state index contributed by atoms with van der Waals surface area (Å²) in [5.41, 5.74) is 1.07. The molecule has 2 amide bonds. The molecule has 26 heavy (non-hydrogen) atoms. The first-order valence-corrected chi connectivity index (χ1v) is 8.16. The molecule has 2 rings (SSSR count). The normalized spacial score (nSPS) is 10.3. The Hall–Kier alpha value is -3.16. The number of carbonyl (C=O) groups excluding carboxylic acids is 2. The molecule has 138 valence electrons. The molecule has 0 aliphatic carbocycles. The van der Waals surface area contributed by atoms with Gasteiger partial charge in [0.05, 0.1) is 12.8 Å². The number of benzene rings is 1. The van der Waals surface area contributed by atoms with Crippen LogP contribution in [-0.4, -0.2) is 47.1 Å². The predicted molar refractivity (Wildman–Crippen MR) is 97.5 cm³/mol. The van der Waals surface area contributed by atoms with Crippen molar-refractivity contribution in [3.8, 4) is 5.75 Å². The molecule has 0 aliphatic heterocycles. The number of hydrogen-bond donors (Lipinski definition) is 2. The van der Waals surface area contributed by atoms with E-state index in [1.165, 1.54) is 12.0 Å². The molecule has 0 atom stereocenters. The summed E-state index contributed by atoms with van der Waals surface area (Å²) in [6.07, 6.45) is 0. The Morgan fingerprint density at radius 1 is 1.31 bits per heavy atom. The lowest BCUT2D eigenvalue weighted by Crippen LogP contribution is -2.40. The van der Waals surface area contributed by atoms with Gasteiger partial charge in [-0.05, 0) is 38.5 Å². The quantitative estimate of drug-likeness (QED) is 0.814. The minimum atomic E-state index is -0.565. The summed E-state index contributed by atoms with van der Waals surface area (Å²) in [5.74, 6) is -0.258. The first-order valence-electron chi connectivity index (χ1n) is 8.16. The predicted octanol–water partition coefficient (Wildman–Crippen LogP) is 1.50. The van der Waals surface area contributed by atoms with Crippen LogP contribution in [0.5, 0.6) is 5.75 Å². The maximum Gasteiger partial charge on any atom is 0.277 e. The van der Waals surface area contributed by atoms with Crippen LogP contribution in [0.2, 0.25) is 0 Å². The van der Waals surface area contributed by atoms with Gasteiger partial charge in [0.1, 0.15) is 17.9 Å². The van der Waals surface area contributed by atoms with Crippen molar-refractivity contribution < 1.29 is 14.3 Å². The number of hydrogen-bond acceptors (Lipinski definition) is 5. The van der Waals surface area contributed by atoms with Crippen LogP contribution in [0.15, 0.2) is 29.1 Å². The zero-order valence-electron chi connectivity index (χ0n) is 15.3. The van der Waals surface area contributed by atoms with Crippen molar-refractivity contribution >= 4 is 17.5 Å². The van der Waals surface area contributed by atoms with Gasteiger partial charge in [-0.25, -0.2) is 5.10 Å². The highest BCUT2D eigenvalue weighted by atomic mass is 16.5. The van der Waals surface area contributed by atoms with Crippen molar-refractivity contribution in [2.45, 2.75) is 20.8 Å². The summed E-state index contributed by atoms with van der Waals surface area (Å²) in [6, 6.07) is 6.91. The van der Waals surface area contributed by atoms with Gasteiger partial charge in [0.2, 0.25) is 5.91 Å². The molecule has 1 heterocycles. The number of H-pyrrole nitrogens is 1. The minimum Gasteiger partial charge on any atom is -0.497 e. The second-order valence-electron chi connectivity index (χ2n) is 5.74. The number of aromatic amines is 1. The number of aromatic nitrogens is 2. The van der Waals surface area contributed by atoms with E-state index in [1.54, 1.807) is 45.0 Å². The highest BCUT2D eigenvalue weighted by molar-refractivity contribution is 6.00. The smallest absolute Gasteiger partial charge is 0.277 e. The van der Waals surface area contributed by atoms with Crippen LogP contribution in [0.1, 0.15) is 28.5 Å². The molecule has 1 aromatic carbocycles. The standard InChI is InChI=1S/C18H22N4O4/c1-5-22(18(25)16-11(2)12(3)20-21-17(16)24)10-15(23)19-13-7-6-8-14(9-13)26-4/h6-9H,5,10H2,1-4H3,(H,19,23)(H,21,24). The van der Waals surface area contributed by atoms with Gasteiger partial charge in [0, 0.05) is 18.3 Å². The highest BCUT2D eigenvalue weighted by Gasteiger charge is 2.23. The molecule has 0 fully saturated rings. The van der Waals surface area contributed by atoms with Gasteiger partial charge in [-0.1, -0.05) is 6.07 Å². The molecule has 0 bridgehead atoms. The van der Waals surface area contributed by atoms with Crippen molar-refractivity contribution in [1.82, 2.24) is 15.1 Å². The average Bonchev–Trinajstić information content (AvgIpc) is 2.63. The number of likely N-dealkylation sites (N-methyl/N-ethyl adjacent to an activating group) is 1. The molecule has 2 N–H and O–H groups in total. The Bertz CT molecular complexity index is 876. The molecular weight excluding hydrogens is 336 g/mol. The Kier molecular flexibility index (Phi) is 6.11. The summed E-state index contributed by atoms with van der Waals surface area (Å²) in [5, 5.41) is 8.86. The van der Waals surface area contributed by atoms with Gasteiger partial charge < -0.3 is 15.0 Å². The first-order chi connectivity index (χ1) is 12.4. The summed E-state index contributed by atoms with van der Waals surface area (Å²) in [6.45, 7) is 5.22. The van der Waals surface area contributed by atoms with Crippen LogP contribution < -0.4 is 15.6 Å². The molecule has 8 heteroatoms. The summed E-state index contributed by atoms with van der Waals surface area (Å²) in [4.78, 5) is 38.4. The summed E-state index contributed by atoms with van der Waals surface area (Å²) in [7, 11) is 1.54. The molecule has 0 spiro atoms. The Morgan fingerprint density at radius 3 is 2.69 bits per heavy atom. The monoisotopic (exact) mass is 358 g/mol. The fourth-order valence-corrected chi connectivity index (χ4v) is 2.44. The number of nitrogens with one attached hydrogen (secondary N) is 2. The lowest BCUT2D eigenvalue weighted by atomic mass is 10.1. The number of nitrogens with zero attached hydrogens (tertiary/aromatic N) is 2. The Labute approximate surface area is 151 Å². The van der Waals surface area contributed by atoms with Crippen molar-refractivity contribution in [3.63, 3.8) is 0 Å². The third-order valence-corrected chi connectivity index (χ3v) is 4.04. The minimum absolute atomic E-state index is 0.00790. The Balaban J connectivity index is 2.16. The molecule has 0 saturated carbocycles. The zero-order chi connectivity index (χ0) is 19.3. The van der Waals surface area contributed by atoms with Crippen molar-refractivity contribution in [2.24, 2.45) is 0 Å². The van der Waals surface area contributed by atoms with E-state index in [0.29, 0.717) is 22.7 Å². The van der Waals surface area contributed by atoms with Gasteiger partial charge >= 0.3 is 0 Å². The molecular formula is C18H22N4O4. The lowest BCUT2D eigenvalue weighted by Gasteiger charge is -2.21. The molecule has 0 aliphatic rings. The first kappa shape index (κ1) is 19.2. The summed E-state index contributed by atoms with van der Waals surface area (Å²) >= 11 is 0. The average molecular weight is 358 g/mol. The van der Waals surface area contributed by atoms with Crippen molar-refractivity contribution in [3.05, 3.63) is 51.4 Å². The lowest BCUT2D eigenvalue weighted by molar-refractivity contribution is -0.116. The fourth-order valence-electron chi connectivity index (χ4n) is 2.44. The maximum absolute atomic E-state index is 12.7. The van der Waals surface area contributed by atoms with Crippen LogP contribution in [-0.2, 0) is 4.79 Å². The van der Waals surface area contributed by atoms with E-state index in [-0.39, 0.29) is 24.6 Å². The number of anilines is 1. The number of methoxy groups -OCH3 is 1. The van der Waals surface area contributed by atoms with Crippen LogP contribution in [0.25, 0.3) is 0 Å². The zero-order valence-corrected chi connectivity index (χ0v) is 15.3. The number of ether oxygens (including phenoxy) is 1. The van der Waals surface area contributed by atoms with E-state index in [0.717, 1.165) is 0 Å². The summed E-state index contributed by atoms with van der Waals surface area (Å²) < 4.78 is 5.11. The van der Waals surface area contributed by atoms with Crippen LogP contribution in [0.3, 0.4) is 0 Å². The third kappa shape index (κ3) is 4.27. The SMILES string of the molecule is CCN(CC(=O)Nc1cccc(OC)c1)C(=O)c1c(C)c(C)n[nH]c1=O. The molecule has 2 aromatic rings. The third-order valence-electron chi connectivity index (χ3n) is 4.04. The molecule has 0 radical (unpaired) electrons. The number of carbonyl (C=O) groups is 2. The second kappa shape index (κ2) is 8.28. The van der Waals surface area contributed by atoms with Crippen molar-refractivity contribution in [2.75, 3.05) is 25.5 Å². The molecule has 0 saturated heterocycles. The van der Waals surface area contributed by atoms with Crippen LogP contribution >= 0.6 is 0 Å². The number of rotatable bonds is 6.